The number of nitrogens with one attached hydrogen (secondary N) is 1. The third-order valence-electron chi connectivity index (χ3n) is 1.85. The van der Waals surface area contributed by atoms with Gasteiger partial charge in [0.15, 0.2) is 0 Å². The number of azide groups is 1. The van der Waals surface area contributed by atoms with E-state index in [1.54, 1.807) is 6.92 Å². The maximum atomic E-state index is 11.4. The van der Waals surface area contributed by atoms with Crippen molar-refractivity contribution in [3.63, 3.8) is 0 Å². The number of carbonyl (C=O) groups excluding carboxylic acids is 1. The zero-order valence-corrected chi connectivity index (χ0v) is 10.0. The molecule has 92 valence electrons. The molecule has 0 fully saturated rings. The Morgan fingerprint density at radius 2 is 2.31 bits per heavy atom. The molecule has 0 aromatic carbocycles. The van der Waals surface area contributed by atoms with E-state index in [-0.39, 0.29) is 12.5 Å². The Bertz CT molecular complexity index is 250. The summed E-state index contributed by atoms with van der Waals surface area (Å²) in [4.78, 5) is 16.1. The van der Waals surface area contributed by atoms with Crippen molar-refractivity contribution in [3.05, 3.63) is 10.4 Å². The molecule has 0 spiro atoms. The predicted molar refractivity (Wildman–Crippen MR) is 61.0 cm³/mol. The summed E-state index contributed by atoms with van der Waals surface area (Å²) >= 11 is 0. The first kappa shape index (κ1) is 14.7. The standard InChI is InChI=1S/C9H19N5O2/c1-4-16-9(15)8(7-12-13-10)11-5-6-14(2)3/h8,11H,4-7H2,1-3H3. The predicted octanol–water partition coefficient (Wildman–Crippen LogP) is 0.380. The molecule has 0 saturated heterocycles. The summed E-state index contributed by atoms with van der Waals surface area (Å²) in [5.41, 5.74) is 8.21. The highest BCUT2D eigenvalue weighted by Gasteiger charge is 2.17. The average molecular weight is 229 g/mol. The van der Waals surface area contributed by atoms with E-state index in [2.05, 4.69) is 15.3 Å². The molecule has 1 N–H and O–H groups in total. The van der Waals surface area contributed by atoms with Crippen LogP contribution in [0.3, 0.4) is 0 Å². The molecule has 0 radical (unpaired) electrons. The normalized spacial score (nSPS) is 12.0. The first-order valence-corrected chi connectivity index (χ1v) is 5.17. The molecule has 0 aromatic rings. The van der Waals surface area contributed by atoms with Crippen LogP contribution in [0.15, 0.2) is 5.11 Å². The van der Waals surface area contributed by atoms with Crippen molar-refractivity contribution in [2.24, 2.45) is 5.11 Å². The van der Waals surface area contributed by atoms with Gasteiger partial charge in [-0.3, -0.25) is 4.79 Å². The third kappa shape index (κ3) is 7.05. The Labute approximate surface area is 95.4 Å². The molecule has 16 heavy (non-hydrogen) atoms. The number of hydrogen-bond donors (Lipinski definition) is 1. The Balaban J connectivity index is 4.08. The van der Waals surface area contributed by atoms with Crippen LogP contribution in [0.5, 0.6) is 0 Å². The van der Waals surface area contributed by atoms with Gasteiger partial charge >= 0.3 is 5.97 Å². The van der Waals surface area contributed by atoms with E-state index >= 15 is 0 Å². The number of likely N-dealkylation sites (N-methyl/N-ethyl adjacent to an activating group) is 1. The lowest BCUT2D eigenvalue weighted by Gasteiger charge is -2.16. The second kappa shape index (κ2) is 8.96. The molecule has 0 rings (SSSR count). The molecule has 0 aliphatic rings. The van der Waals surface area contributed by atoms with Crippen molar-refractivity contribution in [2.45, 2.75) is 13.0 Å². The molecule has 7 nitrogen and oxygen atoms in total. The summed E-state index contributed by atoms with van der Waals surface area (Å²) in [6.45, 7) is 3.57. The van der Waals surface area contributed by atoms with Gasteiger partial charge in [-0.05, 0) is 26.6 Å². The fraction of sp³-hybridized carbons (Fsp3) is 0.889. The fourth-order valence-corrected chi connectivity index (χ4v) is 1.05. The van der Waals surface area contributed by atoms with Crippen molar-refractivity contribution in [1.82, 2.24) is 10.2 Å². The fourth-order valence-electron chi connectivity index (χ4n) is 1.05. The summed E-state index contributed by atoms with van der Waals surface area (Å²) in [7, 11) is 3.88. The van der Waals surface area contributed by atoms with Crippen LogP contribution in [0.25, 0.3) is 10.4 Å². The first-order chi connectivity index (χ1) is 7.61. The Morgan fingerprint density at radius 1 is 1.62 bits per heavy atom. The van der Waals surface area contributed by atoms with Gasteiger partial charge in [0, 0.05) is 18.0 Å². The van der Waals surface area contributed by atoms with Crippen molar-refractivity contribution >= 4 is 5.97 Å². The number of hydrogen-bond acceptors (Lipinski definition) is 5. The minimum Gasteiger partial charge on any atom is -0.465 e. The second-order valence-electron chi connectivity index (χ2n) is 3.48. The molecule has 1 atom stereocenters. The van der Waals surface area contributed by atoms with Crippen LogP contribution in [-0.2, 0) is 9.53 Å². The topological polar surface area (TPSA) is 90.3 Å². The zero-order valence-electron chi connectivity index (χ0n) is 10.0. The molecular weight excluding hydrogens is 210 g/mol. The van der Waals surface area contributed by atoms with Gasteiger partial charge in [-0.1, -0.05) is 5.11 Å². The molecule has 7 heteroatoms. The molecule has 0 aliphatic heterocycles. The minimum absolute atomic E-state index is 0.0722. The van der Waals surface area contributed by atoms with Crippen LogP contribution in [0.4, 0.5) is 0 Å². The lowest BCUT2D eigenvalue weighted by atomic mass is 10.3. The highest BCUT2D eigenvalue weighted by Crippen LogP contribution is 1.91. The minimum atomic E-state index is -0.559. The van der Waals surface area contributed by atoms with Gasteiger partial charge in [0.2, 0.25) is 0 Å². The highest BCUT2D eigenvalue weighted by atomic mass is 16.5. The number of nitrogens with zero attached hydrogens (tertiary/aromatic N) is 4. The van der Waals surface area contributed by atoms with Crippen LogP contribution in [0, 0.1) is 0 Å². The quantitative estimate of drug-likeness (QED) is 0.282. The highest BCUT2D eigenvalue weighted by molar-refractivity contribution is 5.76. The molecule has 1 unspecified atom stereocenters. The van der Waals surface area contributed by atoms with Gasteiger partial charge in [0.25, 0.3) is 0 Å². The number of esters is 1. The van der Waals surface area contributed by atoms with Crippen LogP contribution in [0.2, 0.25) is 0 Å². The van der Waals surface area contributed by atoms with E-state index in [1.165, 1.54) is 0 Å². The summed E-state index contributed by atoms with van der Waals surface area (Å²) in [6.07, 6.45) is 0. The van der Waals surface area contributed by atoms with Gasteiger partial charge in [-0.15, -0.1) is 0 Å². The maximum Gasteiger partial charge on any atom is 0.323 e. The molecule has 0 bridgehead atoms. The van der Waals surface area contributed by atoms with E-state index in [1.807, 2.05) is 19.0 Å². The van der Waals surface area contributed by atoms with Gasteiger partial charge in [0.1, 0.15) is 6.04 Å². The van der Waals surface area contributed by atoms with Gasteiger partial charge < -0.3 is 15.0 Å². The van der Waals surface area contributed by atoms with E-state index < -0.39 is 6.04 Å². The van der Waals surface area contributed by atoms with Crippen LogP contribution < -0.4 is 5.32 Å². The lowest BCUT2D eigenvalue weighted by Crippen LogP contribution is -2.43. The summed E-state index contributed by atoms with van der Waals surface area (Å²) in [5, 5.41) is 6.37. The van der Waals surface area contributed by atoms with Gasteiger partial charge in [-0.2, -0.15) is 0 Å². The molecular formula is C9H19N5O2. The largest absolute Gasteiger partial charge is 0.465 e. The van der Waals surface area contributed by atoms with Crippen molar-refractivity contribution in [3.8, 4) is 0 Å². The van der Waals surface area contributed by atoms with Crippen LogP contribution in [-0.4, -0.2) is 57.2 Å². The molecule has 0 aliphatic carbocycles. The first-order valence-electron chi connectivity index (χ1n) is 5.17. The lowest BCUT2D eigenvalue weighted by molar-refractivity contribution is -0.145. The maximum absolute atomic E-state index is 11.4. The summed E-state index contributed by atoms with van der Waals surface area (Å²) < 4.78 is 4.86. The Hall–Kier alpha value is -1.30. The molecule has 0 aromatic heterocycles. The smallest absolute Gasteiger partial charge is 0.323 e. The van der Waals surface area contributed by atoms with Gasteiger partial charge in [0.05, 0.1) is 13.2 Å². The van der Waals surface area contributed by atoms with E-state index in [4.69, 9.17) is 10.3 Å². The van der Waals surface area contributed by atoms with Crippen LogP contribution in [0.1, 0.15) is 6.92 Å². The van der Waals surface area contributed by atoms with Crippen molar-refractivity contribution in [2.75, 3.05) is 40.3 Å². The second-order valence-corrected chi connectivity index (χ2v) is 3.48. The van der Waals surface area contributed by atoms with Gasteiger partial charge in [-0.25, -0.2) is 0 Å². The molecule has 0 saturated carbocycles. The SMILES string of the molecule is CCOC(=O)C(CN=[N+]=[N-])NCCN(C)C. The monoisotopic (exact) mass is 229 g/mol. The van der Waals surface area contributed by atoms with Crippen molar-refractivity contribution in [1.29, 1.82) is 0 Å². The number of carbonyl (C=O) groups is 1. The summed E-state index contributed by atoms with van der Waals surface area (Å²) in [5.74, 6) is -0.381. The Morgan fingerprint density at radius 3 is 2.81 bits per heavy atom. The number of ether oxygens (including phenoxy) is 1. The summed E-state index contributed by atoms with van der Waals surface area (Å²) in [6, 6.07) is -0.559. The number of rotatable bonds is 8. The van der Waals surface area contributed by atoms with Crippen LogP contribution >= 0.6 is 0 Å². The Kier molecular flexibility index (Phi) is 8.24. The average Bonchev–Trinajstić information content (AvgIpc) is 2.22. The molecule has 0 heterocycles. The van der Waals surface area contributed by atoms with E-state index in [0.29, 0.717) is 13.2 Å². The zero-order chi connectivity index (χ0) is 12.4. The van der Waals surface area contributed by atoms with E-state index in [9.17, 15) is 4.79 Å². The van der Waals surface area contributed by atoms with Crippen molar-refractivity contribution < 1.29 is 9.53 Å². The third-order valence-corrected chi connectivity index (χ3v) is 1.85. The van der Waals surface area contributed by atoms with E-state index in [0.717, 1.165) is 6.54 Å². The molecule has 0 amide bonds.